The summed E-state index contributed by atoms with van der Waals surface area (Å²) in [6.45, 7) is 2.75. The Morgan fingerprint density at radius 3 is 2.58 bits per heavy atom. The van der Waals surface area contributed by atoms with E-state index in [0.717, 1.165) is 18.8 Å². The zero-order valence-corrected chi connectivity index (χ0v) is 14.1. The Balaban J connectivity index is 1.49. The number of nitrogens with one attached hydrogen (secondary N) is 1. The fourth-order valence-corrected chi connectivity index (χ4v) is 3.21. The molecule has 4 rings (SSSR count). The zero-order valence-electron chi connectivity index (χ0n) is 14.1. The maximum absolute atomic E-state index is 13.5. The third-order valence-corrected chi connectivity index (χ3v) is 4.58. The van der Waals surface area contributed by atoms with Crippen LogP contribution in [0.3, 0.4) is 0 Å². The lowest BCUT2D eigenvalue weighted by Gasteiger charge is -2.36. The molecule has 26 heavy (non-hydrogen) atoms. The van der Waals surface area contributed by atoms with Crippen molar-refractivity contribution in [2.45, 2.75) is 0 Å². The molecule has 1 saturated heterocycles. The van der Waals surface area contributed by atoms with Crippen molar-refractivity contribution in [1.29, 1.82) is 0 Å². The number of piperazine rings is 1. The predicted octanol–water partition coefficient (Wildman–Crippen LogP) is 2.57. The van der Waals surface area contributed by atoms with Gasteiger partial charge in [-0.25, -0.2) is 4.39 Å². The molecule has 7 heteroatoms. The standard InChI is InChI=1S/C19H18FN5O/c20-15-3-1-2-14(12-15)18-17(13-22-23-18)19(26)25-10-8-24(9-11-25)16-4-6-21-7-5-16/h1-7,12-13H,8-11H2,(H,22,23). The Kier molecular flexibility index (Phi) is 4.35. The Morgan fingerprint density at radius 1 is 1.08 bits per heavy atom. The maximum atomic E-state index is 13.5. The molecule has 6 nitrogen and oxygen atoms in total. The number of carbonyl (C=O) groups is 1. The van der Waals surface area contributed by atoms with E-state index in [4.69, 9.17) is 0 Å². The second kappa shape index (κ2) is 6.95. The number of carbonyl (C=O) groups excluding carboxylic acids is 1. The first-order valence-corrected chi connectivity index (χ1v) is 8.46. The van der Waals surface area contributed by atoms with Crippen LogP contribution in [0.15, 0.2) is 55.0 Å². The van der Waals surface area contributed by atoms with Gasteiger partial charge < -0.3 is 9.80 Å². The minimum atomic E-state index is -0.346. The van der Waals surface area contributed by atoms with Gasteiger partial charge in [0, 0.05) is 49.8 Å². The third kappa shape index (κ3) is 3.15. The van der Waals surface area contributed by atoms with Gasteiger partial charge in [0.15, 0.2) is 0 Å². The molecule has 1 aliphatic rings. The van der Waals surface area contributed by atoms with Crippen LogP contribution < -0.4 is 4.90 Å². The van der Waals surface area contributed by atoms with Gasteiger partial charge in [0.25, 0.3) is 5.91 Å². The second-order valence-electron chi connectivity index (χ2n) is 6.15. The normalized spacial score (nSPS) is 14.5. The molecule has 2 aromatic heterocycles. The Labute approximate surface area is 150 Å². The van der Waals surface area contributed by atoms with Gasteiger partial charge in [-0.3, -0.25) is 14.9 Å². The number of aromatic nitrogens is 3. The molecule has 132 valence electrons. The van der Waals surface area contributed by atoms with Crippen LogP contribution >= 0.6 is 0 Å². The van der Waals surface area contributed by atoms with Crippen LogP contribution in [0.4, 0.5) is 10.1 Å². The van der Waals surface area contributed by atoms with E-state index in [-0.39, 0.29) is 11.7 Å². The third-order valence-electron chi connectivity index (χ3n) is 4.58. The number of aromatic amines is 1. The lowest BCUT2D eigenvalue weighted by molar-refractivity contribution is 0.0747. The van der Waals surface area contributed by atoms with Gasteiger partial charge in [-0.05, 0) is 24.3 Å². The number of nitrogens with zero attached hydrogens (tertiary/aromatic N) is 4. The minimum Gasteiger partial charge on any atom is -0.368 e. The monoisotopic (exact) mass is 351 g/mol. The lowest BCUT2D eigenvalue weighted by Crippen LogP contribution is -2.48. The summed E-state index contributed by atoms with van der Waals surface area (Å²) in [5, 5.41) is 6.82. The van der Waals surface area contributed by atoms with Crippen molar-refractivity contribution in [2.24, 2.45) is 0 Å². The number of halogens is 1. The summed E-state index contributed by atoms with van der Waals surface area (Å²) in [5.74, 6) is -0.436. The van der Waals surface area contributed by atoms with Gasteiger partial charge in [0.2, 0.25) is 0 Å². The largest absolute Gasteiger partial charge is 0.368 e. The maximum Gasteiger partial charge on any atom is 0.257 e. The summed E-state index contributed by atoms with van der Waals surface area (Å²) in [6, 6.07) is 10.1. The molecule has 1 amide bonds. The fraction of sp³-hybridized carbons (Fsp3) is 0.211. The molecule has 1 fully saturated rings. The van der Waals surface area contributed by atoms with Crippen LogP contribution in [0.2, 0.25) is 0 Å². The molecule has 0 bridgehead atoms. The number of pyridine rings is 1. The van der Waals surface area contributed by atoms with Crippen LogP contribution in [0, 0.1) is 5.82 Å². The summed E-state index contributed by atoms with van der Waals surface area (Å²) in [4.78, 5) is 21.0. The average molecular weight is 351 g/mol. The van der Waals surface area contributed by atoms with Crippen LogP contribution in [0.25, 0.3) is 11.3 Å². The van der Waals surface area contributed by atoms with Crippen LogP contribution in [-0.2, 0) is 0 Å². The molecule has 3 heterocycles. The summed E-state index contributed by atoms with van der Waals surface area (Å²) < 4.78 is 13.5. The topological polar surface area (TPSA) is 65.1 Å². The second-order valence-corrected chi connectivity index (χ2v) is 6.15. The van der Waals surface area contributed by atoms with E-state index in [9.17, 15) is 9.18 Å². The highest BCUT2D eigenvalue weighted by atomic mass is 19.1. The molecule has 0 saturated carbocycles. The van der Waals surface area contributed by atoms with E-state index in [1.54, 1.807) is 24.5 Å². The molecular formula is C19H18FN5O. The Bertz CT molecular complexity index is 903. The van der Waals surface area contributed by atoms with Gasteiger partial charge >= 0.3 is 0 Å². The summed E-state index contributed by atoms with van der Waals surface area (Å²) in [7, 11) is 0. The van der Waals surface area contributed by atoms with Crippen molar-refractivity contribution in [3.05, 3.63) is 66.4 Å². The van der Waals surface area contributed by atoms with Crippen molar-refractivity contribution < 1.29 is 9.18 Å². The number of rotatable bonds is 3. The predicted molar refractivity (Wildman–Crippen MR) is 96.3 cm³/mol. The van der Waals surface area contributed by atoms with E-state index in [1.807, 2.05) is 17.0 Å². The van der Waals surface area contributed by atoms with E-state index < -0.39 is 0 Å². The summed E-state index contributed by atoms with van der Waals surface area (Å²) in [5.41, 5.74) is 2.73. The van der Waals surface area contributed by atoms with Crippen LogP contribution in [-0.4, -0.2) is 52.2 Å². The molecule has 0 atom stereocenters. The lowest BCUT2D eigenvalue weighted by atomic mass is 10.1. The smallest absolute Gasteiger partial charge is 0.257 e. The first-order chi connectivity index (χ1) is 12.7. The molecule has 0 aliphatic carbocycles. The first kappa shape index (κ1) is 16.3. The van der Waals surface area contributed by atoms with Crippen LogP contribution in [0.5, 0.6) is 0 Å². The quantitative estimate of drug-likeness (QED) is 0.788. The van der Waals surface area contributed by atoms with Gasteiger partial charge in [0.1, 0.15) is 5.82 Å². The number of hydrogen-bond donors (Lipinski definition) is 1. The highest BCUT2D eigenvalue weighted by Gasteiger charge is 2.25. The zero-order chi connectivity index (χ0) is 17.9. The molecule has 0 spiro atoms. The number of hydrogen-bond acceptors (Lipinski definition) is 4. The number of anilines is 1. The Hall–Kier alpha value is -3.22. The number of amides is 1. The van der Waals surface area contributed by atoms with E-state index in [1.165, 1.54) is 18.3 Å². The minimum absolute atomic E-state index is 0.0904. The van der Waals surface area contributed by atoms with Crippen molar-refractivity contribution in [3.63, 3.8) is 0 Å². The van der Waals surface area contributed by atoms with Crippen molar-refractivity contribution in [3.8, 4) is 11.3 Å². The summed E-state index contributed by atoms with van der Waals surface area (Å²) in [6.07, 6.45) is 5.05. The van der Waals surface area contributed by atoms with Crippen LogP contribution in [0.1, 0.15) is 10.4 Å². The Morgan fingerprint density at radius 2 is 1.85 bits per heavy atom. The van der Waals surface area contributed by atoms with E-state index in [0.29, 0.717) is 29.9 Å². The molecule has 1 N–H and O–H groups in total. The van der Waals surface area contributed by atoms with Gasteiger partial charge in [-0.1, -0.05) is 12.1 Å². The van der Waals surface area contributed by atoms with Gasteiger partial charge in [0.05, 0.1) is 17.5 Å². The van der Waals surface area contributed by atoms with E-state index >= 15 is 0 Å². The van der Waals surface area contributed by atoms with Crippen molar-refractivity contribution >= 4 is 11.6 Å². The van der Waals surface area contributed by atoms with Gasteiger partial charge in [-0.15, -0.1) is 0 Å². The summed E-state index contributed by atoms with van der Waals surface area (Å²) >= 11 is 0. The number of H-pyrrole nitrogens is 1. The van der Waals surface area contributed by atoms with Crippen molar-refractivity contribution in [2.75, 3.05) is 31.1 Å². The van der Waals surface area contributed by atoms with Crippen molar-refractivity contribution in [1.82, 2.24) is 20.1 Å². The molecule has 0 radical (unpaired) electrons. The van der Waals surface area contributed by atoms with Gasteiger partial charge in [-0.2, -0.15) is 5.10 Å². The molecule has 1 aromatic carbocycles. The SMILES string of the molecule is O=C(c1cn[nH]c1-c1cccc(F)c1)N1CCN(c2ccncc2)CC1. The molecule has 1 aliphatic heterocycles. The fourth-order valence-electron chi connectivity index (χ4n) is 3.21. The molecule has 0 unspecified atom stereocenters. The average Bonchev–Trinajstić information content (AvgIpc) is 3.18. The highest BCUT2D eigenvalue weighted by Crippen LogP contribution is 2.24. The molecular weight excluding hydrogens is 333 g/mol. The molecule has 3 aromatic rings. The van der Waals surface area contributed by atoms with E-state index in [2.05, 4.69) is 20.1 Å². The first-order valence-electron chi connectivity index (χ1n) is 8.46. The highest BCUT2D eigenvalue weighted by molar-refractivity contribution is 5.99. The number of benzene rings is 1.